The third-order valence-corrected chi connectivity index (χ3v) is 6.00. The fourth-order valence-corrected chi connectivity index (χ4v) is 4.42. The Balaban J connectivity index is 1.62. The highest BCUT2D eigenvalue weighted by molar-refractivity contribution is 7.10. The van der Waals surface area contributed by atoms with E-state index in [9.17, 15) is 0 Å². The minimum atomic E-state index is 0.344. The lowest BCUT2D eigenvalue weighted by Crippen LogP contribution is -2.29. The average Bonchev–Trinajstić information content (AvgIpc) is 3.49. The minimum Gasteiger partial charge on any atom is -0.463 e. The lowest BCUT2D eigenvalue weighted by Gasteiger charge is -2.23. The smallest absolute Gasteiger partial charge is 0.165 e. The number of aromatic nitrogens is 4. The van der Waals surface area contributed by atoms with Crippen molar-refractivity contribution in [2.75, 3.05) is 18.4 Å². The molecule has 0 aliphatic carbocycles. The Bertz CT molecular complexity index is 1200. The van der Waals surface area contributed by atoms with Crippen LogP contribution >= 0.6 is 11.5 Å². The van der Waals surface area contributed by atoms with Crippen LogP contribution in [-0.4, -0.2) is 43.5 Å². The molecule has 0 amide bonds. The minimum absolute atomic E-state index is 0.344. The van der Waals surface area contributed by atoms with Gasteiger partial charge in [0, 0.05) is 29.7 Å². The molecule has 30 heavy (non-hydrogen) atoms. The van der Waals surface area contributed by atoms with E-state index < -0.39 is 0 Å². The van der Waals surface area contributed by atoms with Crippen molar-refractivity contribution in [3.63, 3.8) is 0 Å². The summed E-state index contributed by atoms with van der Waals surface area (Å²) in [6, 6.07) is 5.89. The monoisotopic (exact) mass is 423 g/mol. The van der Waals surface area contributed by atoms with Gasteiger partial charge in [-0.15, -0.1) is 0 Å². The van der Waals surface area contributed by atoms with Gasteiger partial charge in [-0.25, -0.2) is 4.98 Å². The second-order valence-electron chi connectivity index (χ2n) is 7.34. The molecule has 0 radical (unpaired) electrons. The zero-order valence-electron chi connectivity index (χ0n) is 16.4. The highest BCUT2D eigenvalue weighted by atomic mass is 32.1. The largest absolute Gasteiger partial charge is 0.463 e. The fraction of sp³-hybridized carbons (Fsp3) is 0.300. The maximum atomic E-state index is 8.75. The first-order chi connectivity index (χ1) is 14.7. The normalized spacial score (nSPS) is 17.2. The number of rotatable bonds is 5. The first kappa shape index (κ1) is 18.8. The number of hydrogen-bond donors (Lipinski definition) is 3. The summed E-state index contributed by atoms with van der Waals surface area (Å²) >= 11 is 1.42. The Kier molecular flexibility index (Phi) is 4.93. The molecule has 0 saturated carbocycles. The van der Waals surface area contributed by atoms with Gasteiger partial charge in [-0.3, -0.25) is 0 Å². The molecule has 5 heterocycles. The molecule has 4 aromatic rings. The SMILES string of the molecule is Cc1cc(Nc2cc(C3CCCNC3)nc3c(-c4coc(/C=N\O)c4)cnn23)sn1. The topological polar surface area (TPSA) is 113 Å². The van der Waals surface area contributed by atoms with E-state index in [4.69, 9.17) is 14.6 Å². The molecule has 4 aromatic heterocycles. The van der Waals surface area contributed by atoms with E-state index >= 15 is 0 Å². The van der Waals surface area contributed by atoms with Crippen molar-refractivity contribution in [1.29, 1.82) is 0 Å². The third-order valence-electron chi connectivity index (χ3n) is 5.20. The van der Waals surface area contributed by atoms with Crippen LogP contribution in [0.25, 0.3) is 16.8 Å². The van der Waals surface area contributed by atoms with Gasteiger partial charge in [0.2, 0.25) is 0 Å². The van der Waals surface area contributed by atoms with Gasteiger partial charge in [0.05, 0.1) is 23.8 Å². The van der Waals surface area contributed by atoms with E-state index in [2.05, 4.69) is 31.3 Å². The maximum Gasteiger partial charge on any atom is 0.165 e. The standard InChI is InChI=1S/C20H21N7O2S/c1-12-5-19(30-26-12)25-18-7-17(13-3-2-4-21-8-13)24-20-16(10-22-27(18)20)14-6-15(9-23-28)29-11-14/h5-7,9-11,13,21,25,28H,2-4,8H2,1H3/b23-9-. The van der Waals surface area contributed by atoms with E-state index in [1.54, 1.807) is 23.0 Å². The predicted octanol–water partition coefficient (Wildman–Crippen LogP) is 3.77. The van der Waals surface area contributed by atoms with Gasteiger partial charge < -0.3 is 20.3 Å². The molecule has 0 spiro atoms. The first-order valence-corrected chi connectivity index (χ1v) is 10.5. The maximum absolute atomic E-state index is 8.75. The first-order valence-electron chi connectivity index (χ1n) is 9.77. The summed E-state index contributed by atoms with van der Waals surface area (Å²) in [6.45, 7) is 3.93. The van der Waals surface area contributed by atoms with Gasteiger partial charge in [-0.05, 0) is 50.0 Å². The summed E-state index contributed by atoms with van der Waals surface area (Å²) in [6.07, 6.45) is 6.87. The molecule has 154 valence electrons. The summed E-state index contributed by atoms with van der Waals surface area (Å²) in [7, 11) is 0. The van der Waals surface area contributed by atoms with Crippen molar-refractivity contribution in [2.24, 2.45) is 5.16 Å². The molecular formula is C20H21N7O2S. The third kappa shape index (κ3) is 3.55. The molecular weight excluding hydrogens is 402 g/mol. The fourth-order valence-electron chi connectivity index (χ4n) is 3.76. The number of hydrogen-bond acceptors (Lipinski definition) is 9. The Morgan fingerprint density at radius 2 is 2.33 bits per heavy atom. The molecule has 5 rings (SSSR count). The van der Waals surface area contributed by atoms with Gasteiger partial charge in [0.1, 0.15) is 22.8 Å². The molecule has 1 atom stereocenters. The molecule has 10 heteroatoms. The number of furan rings is 1. The van der Waals surface area contributed by atoms with Gasteiger partial charge >= 0.3 is 0 Å². The number of nitrogens with one attached hydrogen (secondary N) is 2. The van der Waals surface area contributed by atoms with Crippen molar-refractivity contribution in [3.8, 4) is 11.1 Å². The van der Waals surface area contributed by atoms with Gasteiger partial charge in [-0.2, -0.15) is 14.0 Å². The summed E-state index contributed by atoms with van der Waals surface area (Å²) in [5, 5.41) is 24.2. The second kappa shape index (κ2) is 7.88. The molecule has 1 saturated heterocycles. The van der Waals surface area contributed by atoms with Crippen LogP contribution in [0.2, 0.25) is 0 Å². The van der Waals surface area contributed by atoms with E-state index in [0.29, 0.717) is 11.7 Å². The summed E-state index contributed by atoms with van der Waals surface area (Å²) in [5.74, 6) is 1.64. The van der Waals surface area contributed by atoms with Crippen molar-refractivity contribution in [3.05, 3.63) is 47.8 Å². The Morgan fingerprint density at radius 3 is 3.10 bits per heavy atom. The quantitative estimate of drug-likeness (QED) is 0.254. The Hall–Kier alpha value is -3.24. The molecule has 1 unspecified atom stereocenters. The van der Waals surface area contributed by atoms with E-state index in [1.165, 1.54) is 17.7 Å². The summed E-state index contributed by atoms with van der Waals surface area (Å²) in [5.41, 5.74) is 4.43. The number of nitrogens with zero attached hydrogens (tertiary/aromatic N) is 5. The van der Waals surface area contributed by atoms with E-state index in [1.807, 2.05) is 13.0 Å². The van der Waals surface area contributed by atoms with Crippen LogP contribution in [-0.2, 0) is 0 Å². The molecule has 3 N–H and O–H groups in total. The number of piperidine rings is 1. The van der Waals surface area contributed by atoms with Crippen molar-refractivity contribution < 1.29 is 9.62 Å². The second-order valence-corrected chi connectivity index (χ2v) is 8.15. The average molecular weight is 424 g/mol. The lowest BCUT2D eigenvalue weighted by molar-refractivity contribution is 0.320. The number of fused-ring (bicyclic) bond motifs is 1. The highest BCUT2D eigenvalue weighted by Crippen LogP contribution is 2.32. The van der Waals surface area contributed by atoms with Crippen LogP contribution in [0.1, 0.15) is 35.9 Å². The number of anilines is 2. The molecule has 9 nitrogen and oxygen atoms in total. The van der Waals surface area contributed by atoms with Crippen molar-refractivity contribution in [2.45, 2.75) is 25.7 Å². The van der Waals surface area contributed by atoms with E-state index in [0.717, 1.165) is 64.9 Å². The Labute approximate surface area is 176 Å². The van der Waals surface area contributed by atoms with Crippen molar-refractivity contribution >= 4 is 34.2 Å². The van der Waals surface area contributed by atoms with E-state index in [-0.39, 0.29) is 0 Å². The molecule has 1 fully saturated rings. The molecule has 1 aliphatic heterocycles. The van der Waals surface area contributed by atoms with Crippen LogP contribution in [0, 0.1) is 6.92 Å². The Morgan fingerprint density at radius 1 is 1.40 bits per heavy atom. The van der Waals surface area contributed by atoms with Crippen molar-refractivity contribution in [1.82, 2.24) is 24.3 Å². The van der Waals surface area contributed by atoms with Crippen LogP contribution in [0.4, 0.5) is 10.8 Å². The lowest BCUT2D eigenvalue weighted by atomic mass is 9.96. The summed E-state index contributed by atoms with van der Waals surface area (Å²) in [4.78, 5) is 4.98. The molecule has 0 aromatic carbocycles. The summed E-state index contributed by atoms with van der Waals surface area (Å²) < 4.78 is 11.6. The molecule has 0 bridgehead atoms. The van der Waals surface area contributed by atoms with Crippen LogP contribution in [0.15, 0.2) is 40.2 Å². The van der Waals surface area contributed by atoms with Crippen LogP contribution in [0.5, 0.6) is 0 Å². The zero-order valence-corrected chi connectivity index (χ0v) is 17.2. The zero-order chi connectivity index (χ0) is 20.5. The number of aryl methyl sites for hydroxylation is 1. The molecule has 1 aliphatic rings. The van der Waals surface area contributed by atoms with Crippen LogP contribution < -0.4 is 10.6 Å². The van der Waals surface area contributed by atoms with Gasteiger partial charge in [-0.1, -0.05) is 5.16 Å². The van der Waals surface area contributed by atoms with Crippen LogP contribution in [0.3, 0.4) is 0 Å². The highest BCUT2D eigenvalue weighted by Gasteiger charge is 2.21. The number of oxime groups is 1. The van der Waals surface area contributed by atoms with Gasteiger partial charge in [0.15, 0.2) is 5.65 Å². The predicted molar refractivity (Wildman–Crippen MR) is 115 cm³/mol. The van der Waals surface area contributed by atoms with Gasteiger partial charge in [0.25, 0.3) is 0 Å².